The minimum Gasteiger partial charge on any atom is -0.508 e. The first kappa shape index (κ1) is 17.5. The van der Waals surface area contributed by atoms with Crippen LogP contribution in [0.25, 0.3) is 0 Å². The van der Waals surface area contributed by atoms with Crippen LogP contribution in [0.5, 0.6) is 5.75 Å². The summed E-state index contributed by atoms with van der Waals surface area (Å²) in [4.78, 5) is 3.97. The zero-order valence-corrected chi connectivity index (χ0v) is 14.2. The summed E-state index contributed by atoms with van der Waals surface area (Å²) in [6.07, 6.45) is 6.61. The van der Waals surface area contributed by atoms with Crippen molar-refractivity contribution in [2.24, 2.45) is 0 Å². The predicted molar refractivity (Wildman–Crippen MR) is 91.4 cm³/mol. The maximum atomic E-state index is 10.2. The van der Waals surface area contributed by atoms with Gasteiger partial charge in [0.15, 0.2) is 0 Å². The lowest BCUT2D eigenvalue weighted by Gasteiger charge is -2.29. The van der Waals surface area contributed by atoms with Crippen molar-refractivity contribution in [1.82, 2.24) is 14.9 Å². The summed E-state index contributed by atoms with van der Waals surface area (Å²) in [6.45, 7) is 7.26. The third-order valence-electron chi connectivity index (χ3n) is 4.08. The molecule has 0 fully saturated rings. The van der Waals surface area contributed by atoms with E-state index in [4.69, 9.17) is 0 Å². The van der Waals surface area contributed by atoms with E-state index in [2.05, 4.69) is 31.1 Å². The van der Waals surface area contributed by atoms with Crippen LogP contribution in [0.4, 0.5) is 0 Å². The summed E-state index contributed by atoms with van der Waals surface area (Å²) in [5, 5.41) is 23.5. The maximum Gasteiger partial charge on any atom is 0.118 e. The van der Waals surface area contributed by atoms with Gasteiger partial charge in [-0.3, -0.25) is 0 Å². The number of nitrogens with zero attached hydrogens (tertiary/aromatic N) is 2. The molecule has 0 saturated carbocycles. The molecule has 1 atom stereocenters. The van der Waals surface area contributed by atoms with Crippen LogP contribution in [0.15, 0.2) is 36.9 Å². The summed E-state index contributed by atoms with van der Waals surface area (Å²) in [5.41, 5.74) is 1.79. The molecule has 5 heteroatoms. The molecule has 1 aromatic heterocycles. The highest BCUT2D eigenvalue weighted by molar-refractivity contribution is 5.38. The van der Waals surface area contributed by atoms with Crippen LogP contribution in [-0.2, 0) is 18.5 Å². The van der Waals surface area contributed by atoms with Crippen LogP contribution in [0.1, 0.15) is 38.3 Å². The first-order valence-corrected chi connectivity index (χ1v) is 8.13. The van der Waals surface area contributed by atoms with Gasteiger partial charge in [0.25, 0.3) is 0 Å². The normalized spacial score (nSPS) is 13.2. The fraction of sp³-hybridized carbons (Fsp3) is 0.500. The monoisotopic (exact) mass is 317 g/mol. The zero-order chi connectivity index (χ0) is 16.9. The number of hydrogen-bond acceptors (Lipinski definition) is 4. The van der Waals surface area contributed by atoms with Gasteiger partial charge in [-0.1, -0.05) is 25.5 Å². The van der Waals surface area contributed by atoms with Gasteiger partial charge >= 0.3 is 0 Å². The van der Waals surface area contributed by atoms with Crippen LogP contribution in [0, 0.1) is 0 Å². The van der Waals surface area contributed by atoms with E-state index in [9.17, 15) is 10.2 Å². The number of aryl methyl sites for hydroxylation is 1. The molecule has 0 spiro atoms. The maximum absolute atomic E-state index is 10.2. The first-order chi connectivity index (χ1) is 10.9. The van der Waals surface area contributed by atoms with Gasteiger partial charge in [0.2, 0.25) is 0 Å². The Kier molecular flexibility index (Phi) is 5.80. The molecule has 0 amide bonds. The molecule has 0 aliphatic rings. The van der Waals surface area contributed by atoms with Crippen molar-refractivity contribution in [1.29, 1.82) is 0 Å². The molecular formula is C18H27N3O2. The zero-order valence-electron chi connectivity index (χ0n) is 14.2. The Morgan fingerprint density at radius 3 is 2.78 bits per heavy atom. The van der Waals surface area contributed by atoms with E-state index in [0.29, 0.717) is 18.8 Å². The van der Waals surface area contributed by atoms with E-state index in [1.54, 1.807) is 18.6 Å². The number of aliphatic hydroxyl groups is 1. The molecule has 23 heavy (non-hydrogen) atoms. The molecule has 1 unspecified atom stereocenters. The van der Waals surface area contributed by atoms with Crippen molar-refractivity contribution in [3.05, 3.63) is 48.0 Å². The second kappa shape index (κ2) is 7.62. The predicted octanol–water partition coefficient (Wildman–Crippen LogP) is 2.43. The topological polar surface area (TPSA) is 70.3 Å². The lowest BCUT2D eigenvalue weighted by Crippen LogP contribution is -2.42. The third kappa shape index (κ3) is 4.81. The number of nitrogens with one attached hydrogen (secondary N) is 1. The Balaban J connectivity index is 1.99. The largest absolute Gasteiger partial charge is 0.508 e. The fourth-order valence-electron chi connectivity index (χ4n) is 2.62. The molecule has 0 aliphatic heterocycles. The van der Waals surface area contributed by atoms with Crippen LogP contribution in [0.2, 0.25) is 0 Å². The van der Waals surface area contributed by atoms with Gasteiger partial charge in [-0.15, -0.1) is 0 Å². The molecule has 0 radical (unpaired) electrons. The highest BCUT2D eigenvalue weighted by atomic mass is 16.3. The summed E-state index contributed by atoms with van der Waals surface area (Å²) < 4.78 is 1.86. The molecule has 126 valence electrons. The number of hydrogen-bond donors (Lipinski definition) is 3. The number of phenols is 1. The summed E-state index contributed by atoms with van der Waals surface area (Å²) in [7, 11) is 0. The average molecular weight is 317 g/mol. The van der Waals surface area contributed by atoms with Crippen molar-refractivity contribution in [3.63, 3.8) is 0 Å². The number of imidazole rings is 1. The molecule has 2 rings (SSSR count). The Bertz CT molecular complexity index is 609. The summed E-state index contributed by atoms with van der Waals surface area (Å²) >= 11 is 0. The van der Waals surface area contributed by atoms with E-state index in [1.807, 2.05) is 22.9 Å². The quantitative estimate of drug-likeness (QED) is 0.699. The van der Waals surface area contributed by atoms with Crippen molar-refractivity contribution >= 4 is 0 Å². The molecule has 0 saturated heterocycles. The van der Waals surface area contributed by atoms with Crippen LogP contribution < -0.4 is 5.32 Å². The molecule has 5 nitrogen and oxygen atoms in total. The lowest BCUT2D eigenvalue weighted by atomic mass is 9.91. The Hall–Kier alpha value is -1.85. The van der Waals surface area contributed by atoms with Gasteiger partial charge in [0, 0.05) is 24.5 Å². The van der Waals surface area contributed by atoms with E-state index >= 15 is 0 Å². The number of aromatic nitrogens is 2. The molecule has 1 heterocycles. The minimum atomic E-state index is -0.490. The van der Waals surface area contributed by atoms with Gasteiger partial charge in [-0.2, -0.15) is 0 Å². The number of rotatable bonds is 8. The second-order valence-corrected chi connectivity index (χ2v) is 6.51. The molecule has 0 bridgehead atoms. The summed E-state index contributed by atoms with van der Waals surface area (Å²) in [5.74, 6) is 0.353. The van der Waals surface area contributed by atoms with Crippen molar-refractivity contribution < 1.29 is 10.2 Å². The van der Waals surface area contributed by atoms with Gasteiger partial charge in [-0.05, 0) is 37.5 Å². The molecule has 2 aromatic rings. The number of benzene rings is 1. The van der Waals surface area contributed by atoms with Crippen molar-refractivity contribution in [2.75, 3.05) is 6.54 Å². The van der Waals surface area contributed by atoms with Gasteiger partial charge in [0.05, 0.1) is 19.0 Å². The highest BCUT2D eigenvalue weighted by Gasteiger charge is 2.22. The van der Waals surface area contributed by atoms with E-state index in [1.165, 1.54) is 0 Å². The molecule has 0 aliphatic carbocycles. The number of aromatic hydroxyl groups is 1. The number of aliphatic hydroxyl groups excluding tert-OH is 1. The second-order valence-electron chi connectivity index (χ2n) is 6.51. The highest BCUT2D eigenvalue weighted by Crippen LogP contribution is 2.27. The van der Waals surface area contributed by atoms with Gasteiger partial charge < -0.3 is 20.1 Å². The smallest absolute Gasteiger partial charge is 0.118 e. The fourth-order valence-corrected chi connectivity index (χ4v) is 2.62. The van der Waals surface area contributed by atoms with Gasteiger partial charge in [0.1, 0.15) is 5.75 Å². The average Bonchev–Trinajstić information content (AvgIpc) is 3.00. The van der Waals surface area contributed by atoms with Crippen LogP contribution in [0.3, 0.4) is 0 Å². The molecule has 3 N–H and O–H groups in total. The summed E-state index contributed by atoms with van der Waals surface area (Å²) in [6, 6.07) is 5.74. The number of phenolic OH excluding ortho intramolecular Hbond substituents is 1. The molecular weight excluding hydrogens is 290 g/mol. The Labute approximate surface area is 138 Å². The molecule has 1 aromatic carbocycles. The first-order valence-electron chi connectivity index (χ1n) is 8.13. The van der Waals surface area contributed by atoms with E-state index < -0.39 is 6.10 Å². The third-order valence-corrected chi connectivity index (χ3v) is 4.08. The lowest BCUT2D eigenvalue weighted by molar-refractivity contribution is 0.140. The SMILES string of the molecule is CCCc1cc(C(C)(C)NCC(O)Cn2ccnc2)ccc1O. The Morgan fingerprint density at radius 1 is 1.35 bits per heavy atom. The van der Waals surface area contributed by atoms with E-state index in [-0.39, 0.29) is 5.54 Å². The van der Waals surface area contributed by atoms with E-state index in [0.717, 1.165) is 24.0 Å². The van der Waals surface area contributed by atoms with Crippen LogP contribution >= 0.6 is 0 Å². The van der Waals surface area contributed by atoms with Crippen LogP contribution in [-0.4, -0.2) is 32.4 Å². The van der Waals surface area contributed by atoms with Crippen molar-refractivity contribution in [3.8, 4) is 5.75 Å². The standard InChI is InChI=1S/C18H27N3O2/c1-4-5-14-10-15(6-7-17(14)23)18(2,3)20-11-16(22)12-21-9-8-19-13-21/h6-10,13,16,20,22-23H,4-5,11-12H2,1-3H3. The Morgan fingerprint density at radius 2 is 2.13 bits per heavy atom. The van der Waals surface area contributed by atoms with Crippen molar-refractivity contribution in [2.45, 2.75) is 51.8 Å². The van der Waals surface area contributed by atoms with Gasteiger partial charge in [-0.25, -0.2) is 4.98 Å². The minimum absolute atomic E-state index is 0.286.